The van der Waals surface area contributed by atoms with Crippen LogP contribution in [-0.2, 0) is 19.1 Å². The van der Waals surface area contributed by atoms with Gasteiger partial charge >= 0.3 is 0 Å². The molecule has 0 spiro atoms. The van der Waals surface area contributed by atoms with Gasteiger partial charge in [-0.05, 0) is 37.8 Å². The highest BCUT2D eigenvalue weighted by molar-refractivity contribution is 7.22. The summed E-state index contributed by atoms with van der Waals surface area (Å²) in [6, 6.07) is 6.05. The summed E-state index contributed by atoms with van der Waals surface area (Å²) >= 11 is 1.49. The normalized spacial score (nSPS) is 24.0. The number of Topliss-reactive ketones (excluding diaryl/α,β-unsaturated/α-hetero) is 1. The van der Waals surface area contributed by atoms with Gasteiger partial charge in [0.15, 0.2) is 10.9 Å². The zero-order valence-corrected chi connectivity index (χ0v) is 19.2. The summed E-state index contributed by atoms with van der Waals surface area (Å²) in [5.74, 6) is -0.574. The van der Waals surface area contributed by atoms with Crippen molar-refractivity contribution in [2.24, 2.45) is 5.92 Å². The van der Waals surface area contributed by atoms with Crippen LogP contribution in [0, 0.1) is 12.8 Å². The molecule has 2 atom stereocenters. The standard InChI is InChI=1S/C24H29N3O4S/c1-16-5-4-8-20-21(16)25-24(32-20)27(10-9-26-11-13-30-14-12-26)23(29)18-15-31-19-7-3-2-6-17(19)22(18)28/h4-5,8,15,17,19H,2-3,6-7,9-14H2,1H3. The number of morpholine rings is 1. The summed E-state index contributed by atoms with van der Waals surface area (Å²) in [4.78, 5) is 35.7. The predicted octanol–water partition coefficient (Wildman–Crippen LogP) is 3.31. The average Bonchev–Trinajstić information content (AvgIpc) is 3.25. The quantitative estimate of drug-likeness (QED) is 0.644. The van der Waals surface area contributed by atoms with Crippen LogP contribution in [0.15, 0.2) is 30.0 Å². The van der Waals surface area contributed by atoms with Crippen molar-refractivity contribution in [3.63, 3.8) is 0 Å². The van der Waals surface area contributed by atoms with Gasteiger partial charge in [-0.2, -0.15) is 0 Å². The Bertz CT molecular complexity index is 1040. The molecule has 170 valence electrons. The number of hydrogen-bond acceptors (Lipinski definition) is 7. The number of ketones is 1. The van der Waals surface area contributed by atoms with E-state index in [0.29, 0.717) is 31.4 Å². The lowest BCUT2D eigenvalue weighted by atomic mass is 9.80. The van der Waals surface area contributed by atoms with Crippen molar-refractivity contribution in [3.05, 3.63) is 35.6 Å². The average molecular weight is 456 g/mol. The molecule has 3 heterocycles. The Balaban J connectivity index is 1.44. The van der Waals surface area contributed by atoms with Crippen LogP contribution in [-0.4, -0.2) is 67.1 Å². The maximum Gasteiger partial charge on any atom is 0.266 e. The van der Waals surface area contributed by atoms with Gasteiger partial charge in [0.25, 0.3) is 5.91 Å². The Morgan fingerprint density at radius 2 is 2.06 bits per heavy atom. The SMILES string of the molecule is Cc1cccc2sc(N(CCN3CCOCC3)C(=O)C3=COC4CCCCC4C3=O)nc12. The lowest BCUT2D eigenvalue weighted by Gasteiger charge is -2.34. The minimum absolute atomic E-state index is 0.0698. The summed E-state index contributed by atoms with van der Waals surface area (Å²) in [5, 5.41) is 0.632. The number of carbonyl (C=O) groups excluding carboxylic acids is 2. The second kappa shape index (κ2) is 9.29. The Morgan fingerprint density at radius 1 is 1.25 bits per heavy atom. The van der Waals surface area contributed by atoms with Gasteiger partial charge < -0.3 is 9.47 Å². The first-order chi connectivity index (χ1) is 15.6. The monoisotopic (exact) mass is 455 g/mol. The van der Waals surface area contributed by atoms with Crippen LogP contribution >= 0.6 is 11.3 Å². The number of nitrogens with zero attached hydrogens (tertiary/aromatic N) is 3. The van der Waals surface area contributed by atoms with Crippen LogP contribution in [0.2, 0.25) is 0 Å². The molecule has 1 aromatic heterocycles. The molecular weight excluding hydrogens is 426 g/mol. The van der Waals surface area contributed by atoms with Gasteiger partial charge in [0.2, 0.25) is 0 Å². The third-order valence-corrected chi connectivity index (χ3v) is 7.77. The van der Waals surface area contributed by atoms with Crippen molar-refractivity contribution in [1.82, 2.24) is 9.88 Å². The van der Waals surface area contributed by atoms with Gasteiger partial charge in [0.05, 0.1) is 35.6 Å². The molecule has 2 aliphatic heterocycles. The van der Waals surface area contributed by atoms with Crippen LogP contribution in [0.1, 0.15) is 31.2 Å². The molecule has 8 heteroatoms. The number of aromatic nitrogens is 1. The highest BCUT2D eigenvalue weighted by atomic mass is 32.1. The van der Waals surface area contributed by atoms with E-state index in [1.807, 2.05) is 25.1 Å². The first-order valence-corrected chi connectivity index (χ1v) is 12.3. The van der Waals surface area contributed by atoms with Gasteiger partial charge in [-0.3, -0.25) is 19.4 Å². The van der Waals surface area contributed by atoms with E-state index in [9.17, 15) is 9.59 Å². The molecule has 2 aromatic rings. The minimum atomic E-state index is -0.302. The molecule has 7 nitrogen and oxygen atoms in total. The van der Waals surface area contributed by atoms with E-state index in [1.165, 1.54) is 17.6 Å². The summed E-state index contributed by atoms with van der Waals surface area (Å²) < 4.78 is 12.4. The van der Waals surface area contributed by atoms with Crippen LogP contribution in [0.5, 0.6) is 0 Å². The van der Waals surface area contributed by atoms with Crippen LogP contribution < -0.4 is 4.90 Å². The molecule has 0 N–H and O–H groups in total. The van der Waals surface area contributed by atoms with Crippen molar-refractivity contribution in [3.8, 4) is 0 Å². The fourth-order valence-corrected chi connectivity index (χ4v) is 5.88. The number of benzene rings is 1. The number of anilines is 1. The Morgan fingerprint density at radius 3 is 2.88 bits per heavy atom. The Hall–Kier alpha value is -2.29. The van der Waals surface area contributed by atoms with E-state index in [2.05, 4.69) is 4.90 Å². The minimum Gasteiger partial charge on any atom is -0.496 e. The van der Waals surface area contributed by atoms with Crippen LogP contribution in [0.3, 0.4) is 0 Å². The third kappa shape index (κ3) is 4.19. The fraction of sp³-hybridized carbons (Fsp3) is 0.542. The van der Waals surface area contributed by atoms with Crippen LogP contribution in [0.4, 0.5) is 5.13 Å². The largest absolute Gasteiger partial charge is 0.496 e. The molecule has 1 aromatic carbocycles. The third-order valence-electron chi connectivity index (χ3n) is 6.72. The molecule has 0 bridgehead atoms. The number of aryl methyl sites for hydroxylation is 1. The van der Waals surface area contributed by atoms with E-state index in [1.54, 1.807) is 4.90 Å². The van der Waals surface area contributed by atoms with Gasteiger partial charge in [-0.15, -0.1) is 0 Å². The molecule has 1 amide bonds. The maximum atomic E-state index is 13.7. The van der Waals surface area contributed by atoms with Crippen molar-refractivity contribution in [2.75, 3.05) is 44.3 Å². The lowest BCUT2D eigenvalue weighted by molar-refractivity contribution is -0.130. The van der Waals surface area contributed by atoms with E-state index < -0.39 is 0 Å². The highest BCUT2D eigenvalue weighted by Gasteiger charge is 2.41. The van der Waals surface area contributed by atoms with E-state index >= 15 is 0 Å². The van der Waals surface area contributed by atoms with Crippen molar-refractivity contribution >= 4 is 38.4 Å². The fourth-order valence-electron chi connectivity index (χ4n) is 4.81. The highest BCUT2D eigenvalue weighted by Crippen LogP contribution is 2.35. The summed E-state index contributed by atoms with van der Waals surface area (Å²) in [7, 11) is 0. The molecule has 0 radical (unpaired) electrons. The lowest BCUT2D eigenvalue weighted by Crippen LogP contribution is -2.46. The molecule has 3 aliphatic rings. The van der Waals surface area contributed by atoms with Crippen molar-refractivity contribution in [1.29, 1.82) is 0 Å². The molecule has 2 unspecified atom stereocenters. The van der Waals surface area contributed by atoms with Crippen LogP contribution in [0.25, 0.3) is 10.2 Å². The number of hydrogen-bond donors (Lipinski definition) is 0. The smallest absolute Gasteiger partial charge is 0.266 e. The topological polar surface area (TPSA) is 72.0 Å². The number of thiazole rings is 1. The number of fused-ring (bicyclic) bond motifs is 2. The van der Waals surface area contributed by atoms with Gasteiger partial charge in [-0.25, -0.2) is 4.98 Å². The summed E-state index contributed by atoms with van der Waals surface area (Å²) in [6.07, 6.45) is 5.09. The van der Waals surface area contributed by atoms with Gasteiger partial charge in [0, 0.05) is 26.2 Å². The number of amides is 1. The van der Waals surface area contributed by atoms with Crippen molar-refractivity contribution in [2.45, 2.75) is 38.7 Å². The predicted molar refractivity (Wildman–Crippen MR) is 124 cm³/mol. The van der Waals surface area contributed by atoms with E-state index in [0.717, 1.165) is 54.6 Å². The molecule has 32 heavy (non-hydrogen) atoms. The number of carbonyl (C=O) groups is 2. The second-order valence-electron chi connectivity index (χ2n) is 8.79. The van der Waals surface area contributed by atoms with Crippen molar-refractivity contribution < 1.29 is 19.1 Å². The molecule has 1 saturated heterocycles. The maximum absolute atomic E-state index is 13.7. The first-order valence-electron chi connectivity index (χ1n) is 11.5. The van der Waals surface area contributed by atoms with Gasteiger partial charge in [-0.1, -0.05) is 29.9 Å². The zero-order valence-electron chi connectivity index (χ0n) is 18.4. The van der Waals surface area contributed by atoms with E-state index in [4.69, 9.17) is 14.5 Å². The number of para-hydroxylation sites is 1. The summed E-state index contributed by atoms with van der Waals surface area (Å²) in [6.45, 7) is 6.29. The molecule has 5 rings (SSSR count). The number of rotatable bonds is 5. The second-order valence-corrected chi connectivity index (χ2v) is 9.80. The Kier molecular flexibility index (Phi) is 6.26. The summed E-state index contributed by atoms with van der Waals surface area (Å²) in [5.41, 5.74) is 2.14. The molecule has 2 fully saturated rings. The first kappa shape index (κ1) is 21.6. The molecule has 1 aliphatic carbocycles. The van der Waals surface area contributed by atoms with Gasteiger partial charge in [0.1, 0.15) is 11.7 Å². The zero-order chi connectivity index (χ0) is 22.1. The van der Waals surface area contributed by atoms with E-state index in [-0.39, 0.29) is 29.3 Å². The Labute approximate surface area is 192 Å². The number of ether oxygens (including phenoxy) is 2. The molecular formula is C24H29N3O4S. The molecule has 1 saturated carbocycles.